The number of hydrogen-bond acceptors (Lipinski definition) is 3. The number of aliphatic imine (C=N–C) groups is 1. The maximum atomic E-state index is 5.57. The molecule has 0 spiro atoms. The predicted molar refractivity (Wildman–Crippen MR) is 96.9 cm³/mol. The maximum absolute atomic E-state index is 5.57. The van der Waals surface area contributed by atoms with Crippen molar-refractivity contribution in [3.63, 3.8) is 0 Å². The van der Waals surface area contributed by atoms with Crippen molar-refractivity contribution in [2.24, 2.45) is 10.9 Å². The quantitative estimate of drug-likeness (QED) is 0.622. The van der Waals surface area contributed by atoms with Crippen molar-refractivity contribution in [2.45, 2.75) is 51.2 Å². The van der Waals surface area contributed by atoms with Crippen LogP contribution in [0, 0.1) is 5.92 Å². The Bertz CT molecular complexity index is 350. The number of rotatable bonds is 5. The normalized spacial score (nSPS) is 26.0. The van der Waals surface area contributed by atoms with Crippen LogP contribution in [0.25, 0.3) is 0 Å². The maximum Gasteiger partial charge on any atom is 0.193 e. The van der Waals surface area contributed by atoms with Gasteiger partial charge >= 0.3 is 0 Å². The molecule has 128 valence electrons. The second-order valence-electron chi connectivity index (χ2n) is 6.59. The van der Waals surface area contributed by atoms with Crippen LogP contribution in [0.2, 0.25) is 0 Å². The van der Waals surface area contributed by atoms with Crippen LogP contribution in [-0.2, 0) is 4.74 Å². The molecule has 4 nitrogen and oxygen atoms in total. The summed E-state index contributed by atoms with van der Waals surface area (Å²) in [4.78, 5) is 7.50. The van der Waals surface area contributed by atoms with Crippen LogP contribution < -0.4 is 5.32 Å². The van der Waals surface area contributed by atoms with Crippen LogP contribution >= 0.6 is 11.8 Å². The highest BCUT2D eigenvalue weighted by molar-refractivity contribution is 8.00. The number of nitrogens with one attached hydrogen (secondary N) is 1. The van der Waals surface area contributed by atoms with Crippen molar-refractivity contribution in [1.29, 1.82) is 0 Å². The van der Waals surface area contributed by atoms with Gasteiger partial charge in [-0.15, -0.1) is 0 Å². The van der Waals surface area contributed by atoms with Crippen LogP contribution in [0.3, 0.4) is 0 Å². The summed E-state index contributed by atoms with van der Waals surface area (Å²) in [5.74, 6) is 3.06. The van der Waals surface area contributed by atoms with Gasteiger partial charge in [0.15, 0.2) is 5.96 Å². The molecule has 0 aliphatic carbocycles. The highest BCUT2D eigenvalue weighted by Crippen LogP contribution is 2.35. The summed E-state index contributed by atoms with van der Waals surface area (Å²) >= 11 is 2.07. The van der Waals surface area contributed by atoms with E-state index in [9.17, 15) is 0 Å². The lowest BCUT2D eigenvalue weighted by molar-refractivity contribution is 0.0792. The number of thioether (sulfide) groups is 1. The number of piperidine rings is 1. The van der Waals surface area contributed by atoms with E-state index < -0.39 is 0 Å². The second kappa shape index (κ2) is 9.02. The molecule has 0 radical (unpaired) electrons. The lowest BCUT2D eigenvalue weighted by atomic mass is 9.99. The molecule has 2 rings (SSSR count). The molecule has 0 aromatic carbocycles. The van der Waals surface area contributed by atoms with Gasteiger partial charge in [-0.2, -0.15) is 11.8 Å². The van der Waals surface area contributed by atoms with Crippen molar-refractivity contribution in [1.82, 2.24) is 10.2 Å². The first-order chi connectivity index (χ1) is 10.7. The molecule has 2 aliphatic rings. The molecule has 0 bridgehead atoms. The molecule has 2 heterocycles. The van der Waals surface area contributed by atoms with Gasteiger partial charge in [0.2, 0.25) is 0 Å². The van der Waals surface area contributed by atoms with Crippen molar-refractivity contribution in [3.8, 4) is 0 Å². The fourth-order valence-electron chi connectivity index (χ4n) is 3.42. The van der Waals surface area contributed by atoms with Gasteiger partial charge in [0.05, 0.1) is 6.54 Å². The van der Waals surface area contributed by atoms with E-state index in [2.05, 4.69) is 42.7 Å². The Morgan fingerprint density at radius 3 is 2.77 bits per heavy atom. The van der Waals surface area contributed by atoms with Gasteiger partial charge in [-0.25, -0.2) is 0 Å². The largest absolute Gasteiger partial charge is 0.381 e. The molecular weight excluding hydrogens is 294 g/mol. The zero-order valence-corrected chi connectivity index (χ0v) is 15.4. The van der Waals surface area contributed by atoms with Gasteiger partial charge in [-0.3, -0.25) is 4.99 Å². The van der Waals surface area contributed by atoms with Crippen molar-refractivity contribution in [3.05, 3.63) is 0 Å². The van der Waals surface area contributed by atoms with E-state index >= 15 is 0 Å². The Morgan fingerprint density at radius 2 is 2.14 bits per heavy atom. The minimum Gasteiger partial charge on any atom is -0.381 e. The number of guanidine groups is 1. The Labute approximate surface area is 140 Å². The highest BCUT2D eigenvalue weighted by Gasteiger charge is 2.33. The molecule has 2 fully saturated rings. The highest BCUT2D eigenvalue weighted by atomic mass is 32.2. The summed E-state index contributed by atoms with van der Waals surface area (Å²) in [6.07, 6.45) is 4.90. The molecule has 1 atom stereocenters. The molecule has 0 amide bonds. The number of likely N-dealkylation sites (tertiary alicyclic amines) is 1. The Balaban J connectivity index is 2.03. The van der Waals surface area contributed by atoms with E-state index in [1.807, 2.05) is 0 Å². The topological polar surface area (TPSA) is 36.9 Å². The predicted octanol–water partition coefficient (Wildman–Crippen LogP) is 2.99. The van der Waals surface area contributed by atoms with Crippen LogP contribution in [-0.4, -0.2) is 60.8 Å². The van der Waals surface area contributed by atoms with Crippen LogP contribution in [0.15, 0.2) is 4.99 Å². The standard InChI is InChI=1S/C17H33N3OS/c1-4-18-16(20-10-6-7-15(3)13-20)19-14-17(22-5-2)8-11-21-12-9-17/h15H,4-14H2,1-3H3,(H,18,19). The lowest BCUT2D eigenvalue weighted by Crippen LogP contribution is -2.47. The molecule has 0 aromatic rings. The van der Waals surface area contributed by atoms with E-state index in [0.717, 1.165) is 69.9 Å². The van der Waals surface area contributed by atoms with Gasteiger partial charge in [-0.05, 0) is 44.3 Å². The molecule has 0 aromatic heterocycles. The van der Waals surface area contributed by atoms with Gasteiger partial charge in [0.1, 0.15) is 0 Å². The molecular formula is C17H33N3OS. The molecule has 5 heteroatoms. The summed E-state index contributed by atoms with van der Waals surface area (Å²) in [7, 11) is 0. The zero-order chi connectivity index (χ0) is 15.8. The van der Waals surface area contributed by atoms with Crippen molar-refractivity contribution < 1.29 is 4.74 Å². The first-order valence-corrected chi connectivity index (χ1v) is 9.92. The summed E-state index contributed by atoms with van der Waals surface area (Å²) in [6, 6.07) is 0. The van der Waals surface area contributed by atoms with Crippen molar-refractivity contribution >= 4 is 17.7 Å². The number of hydrogen-bond donors (Lipinski definition) is 1. The molecule has 1 N–H and O–H groups in total. The zero-order valence-electron chi connectivity index (χ0n) is 14.6. The van der Waals surface area contributed by atoms with E-state index in [0.29, 0.717) is 0 Å². The lowest BCUT2D eigenvalue weighted by Gasteiger charge is -2.37. The first kappa shape index (κ1) is 17.9. The molecule has 22 heavy (non-hydrogen) atoms. The molecule has 1 unspecified atom stereocenters. The van der Waals surface area contributed by atoms with Crippen LogP contribution in [0.5, 0.6) is 0 Å². The monoisotopic (exact) mass is 327 g/mol. The van der Waals surface area contributed by atoms with Gasteiger partial charge in [-0.1, -0.05) is 13.8 Å². The Hall–Kier alpha value is -0.420. The second-order valence-corrected chi connectivity index (χ2v) is 8.32. The fraction of sp³-hybridized carbons (Fsp3) is 0.941. The average molecular weight is 328 g/mol. The smallest absolute Gasteiger partial charge is 0.193 e. The molecule has 2 saturated heterocycles. The fourth-order valence-corrected chi connectivity index (χ4v) is 4.65. The molecule has 0 saturated carbocycles. The average Bonchev–Trinajstić information content (AvgIpc) is 2.53. The number of ether oxygens (including phenoxy) is 1. The third-order valence-corrected chi connectivity index (χ3v) is 6.10. The van der Waals surface area contributed by atoms with Crippen LogP contribution in [0.1, 0.15) is 46.5 Å². The third kappa shape index (κ3) is 5.05. The van der Waals surface area contributed by atoms with E-state index in [1.165, 1.54) is 12.8 Å². The van der Waals surface area contributed by atoms with E-state index in [-0.39, 0.29) is 4.75 Å². The van der Waals surface area contributed by atoms with Gasteiger partial charge in [0, 0.05) is 37.6 Å². The summed E-state index contributed by atoms with van der Waals surface area (Å²) in [5, 5.41) is 3.51. The van der Waals surface area contributed by atoms with E-state index in [1.54, 1.807) is 0 Å². The van der Waals surface area contributed by atoms with E-state index in [4.69, 9.17) is 9.73 Å². The third-order valence-electron chi connectivity index (χ3n) is 4.66. The first-order valence-electron chi connectivity index (χ1n) is 8.94. The number of nitrogens with zero attached hydrogens (tertiary/aromatic N) is 2. The summed E-state index contributed by atoms with van der Waals surface area (Å²) < 4.78 is 5.85. The Morgan fingerprint density at radius 1 is 1.36 bits per heavy atom. The minimum absolute atomic E-state index is 0.287. The molecule has 2 aliphatic heterocycles. The summed E-state index contributed by atoms with van der Waals surface area (Å²) in [6.45, 7) is 12.7. The van der Waals surface area contributed by atoms with Crippen LogP contribution in [0.4, 0.5) is 0 Å². The van der Waals surface area contributed by atoms with Crippen molar-refractivity contribution in [2.75, 3.05) is 45.1 Å². The Kier molecular flexibility index (Phi) is 7.35. The van der Waals surface area contributed by atoms with Gasteiger partial charge in [0.25, 0.3) is 0 Å². The summed E-state index contributed by atoms with van der Waals surface area (Å²) in [5.41, 5.74) is 0. The SMILES string of the molecule is CCNC(=NCC1(SCC)CCOCC1)N1CCCC(C)C1. The van der Waals surface area contributed by atoms with Gasteiger partial charge < -0.3 is 15.0 Å². The minimum atomic E-state index is 0.287.